The van der Waals surface area contributed by atoms with Crippen LogP contribution in [0.5, 0.6) is 0 Å². The van der Waals surface area contributed by atoms with Gasteiger partial charge in [0.1, 0.15) is 0 Å². The van der Waals surface area contributed by atoms with E-state index in [-0.39, 0.29) is 11.9 Å². The monoisotopic (exact) mass is 249 g/mol. The highest BCUT2D eigenvalue weighted by Crippen LogP contribution is 2.10. The molecule has 0 aliphatic carbocycles. The van der Waals surface area contributed by atoms with E-state index in [4.69, 9.17) is 5.73 Å². The van der Waals surface area contributed by atoms with E-state index >= 15 is 0 Å². The minimum absolute atomic E-state index is 0.0346. The molecule has 100 valence electrons. The van der Waals surface area contributed by atoms with Crippen LogP contribution < -0.4 is 16.0 Å². The summed E-state index contributed by atoms with van der Waals surface area (Å²) in [5, 5.41) is 2.88. The van der Waals surface area contributed by atoms with Gasteiger partial charge in [0.15, 0.2) is 0 Å². The molecule has 1 unspecified atom stereocenters. The van der Waals surface area contributed by atoms with E-state index in [1.165, 1.54) is 5.69 Å². The summed E-state index contributed by atoms with van der Waals surface area (Å²) in [6.07, 6.45) is 1.32. The first-order chi connectivity index (χ1) is 8.59. The Hall–Kier alpha value is -1.55. The highest BCUT2D eigenvalue weighted by molar-refractivity contribution is 5.76. The topological polar surface area (TPSA) is 58.4 Å². The molecule has 4 heteroatoms. The van der Waals surface area contributed by atoms with Crippen molar-refractivity contribution in [3.05, 3.63) is 30.3 Å². The first-order valence-electron chi connectivity index (χ1n) is 6.38. The molecule has 0 aromatic heterocycles. The highest BCUT2D eigenvalue weighted by atomic mass is 16.1. The molecule has 3 N–H and O–H groups in total. The molecule has 0 saturated carbocycles. The Labute approximate surface area is 109 Å². The summed E-state index contributed by atoms with van der Waals surface area (Å²) in [6, 6.07) is 10.1. The van der Waals surface area contributed by atoms with Crippen LogP contribution in [0.15, 0.2) is 30.3 Å². The number of para-hydroxylation sites is 1. The van der Waals surface area contributed by atoms with Crippen molar-refractivity contribution in [2.24, 2.45) is 5.73 Å². The minimum Gasteiger partial charge on any atom is -0.375 e. The molecule has 0 spiro atoms. The maximum Gasteiger partial charge on any atom is 0.221 e. The molecule has 4 nitrogen and oxygen atoms in total. The lowest BCUT2D eigenvalue weighted by atomic mass is 10.2. The minimum atomic E-state index is -0.0722. The van der Waals surface area contributed by atoms with Crippen LogP contribution in [-0.4, -0.2) is 32.1 Å². The van der Waals surface area contributed by atoms with E-state index in [1.54, 1.807) is 0 Å². The van der Waals surface area contributed by atoms with Gasteiger partial charge in [-0.25, -0.2) is 0 Å². The Morgan fingerprint density at radius 2 is 2.06 bits per heavy atom. The number of carbonyl (C=O) groups excluding carboxylic acids is 1. The molecule has 1 rings (SSSR count). The molecule has 0 heterocycles. The zero-order valence-corrected chi connectivity index (χ0v) is 11.2. The number of nitrogens with one attached hydrogen (secondary N) is 1. The van der Waals surface area contributed by atoms with Crippen molar-refractivity contribution in [2.45, 2.75) is 25.8 Å². The lowest BCUT2D eigenvalue weighted by Crippen LogP contribution is -2.32. The van der Waals surface area contributed by atoms with Crippen molar-refractivity contribution < 1.29 is 4.79 Å². The maximum atomic E-state index is 11.4. The molecular formula is C14H23N3O. The average molecular weight is 249 g/mol. The van der Waals surface area contributed by atoms with Gasteiger partial charge in [0.05, 0.1) is 0 Å². The van der Waals surface area contributed by atoms with Gasteiger partial charge >= 0.3 is 0 Å². The third-order valence-corrected chi connectivity index (χ3v) is 2.70. The fourth-order valence-corrected chi connectivity index (χ4v) is 1.72. The van der Waals surface area contributed by atoms with Crippen molar-refractivity contribution in [1.29, 1.82) is 0 Å². The molecule has 0 saturated heterocycles. The molecule has 0 aliphatic rings. The number of amides is 1. The van der Waals surface area contributed by atoms with Crippen LogP contribution in [0.1, 0.15) is 19.8 Å². The van der Waals surface area contributed by atoms with Crippen molar-refractivity contribution in [2.75, 3.05) is 25.0 Å². The van der Waals surface area contributed by atoms with Crippen LogP contribution in [-0.2, 0) is 4.79 Å². The fourth-order valence-electron chi connectivity index (χ4n) is 1.72. The normalized spacial score (nSPS) is 11.9. The number of rotatable bonds is 7. The summed E-state index contributed by atoms with van der Waals surface area (Å²) >= 11 is 0. The highest BCUT2D eigenvalue weighted by Gasteiger charge is 2.04. The first kappa shape index (κ1) is 14.5. The van der Waals surface area contributed by atoms with Gasteiger partial charge in [0.25, 0.3) is 0 Å². The van der Waals surface area contributed by atoms with Crippen LogP contribution >= 0.6 is 0 Å². The zero-order chi connectivity index (χ0) is 13.4. The van der Waals surface area contributed by atoms with Gasteiger partial charge in [-0.3, -0.25) is 4.79 Å². The number of hydrogen-bond donors (Lipinski definition) is 2. The van der Waals surface area contributed by atoms with Gasteiger partial charge in [-0.2, -0.15) is 0 Å². The standard InChI is InChI=1S/C14H23N3O/c1-12(15)11-14(18)16-9-6-10-17(2)13-7-4-3-5-8-13/h3-5,7-8,12H,6,9-11,15H2,1-2H3,(H,16,18). The molecular weight excluding hydrogens is 226 g/mol. The van der Waals surface area contributed by atoms with Crippen molar-refractivity contribution >= 4 is 11.6 Å². The third kappa shape index (κ3) is 5.68. The Morgan fingerprint density at radius 1 is 1.39 bits per heavy atom. The van der Waals surface area contributed by atoms with Crippen LogP contribution in [0, 0.1) is 0 Å². The molecule has 1 atom stereocenters. The number of anilines is 1. The summed E-state index contributed by atoms with van der Waals surface area (Å²) in [5.74, 6) is 0.0346. The fraction of sp³-hybridized carbons (Fsp3) is 0.500. The molecule has 1 amide bonds. The van der Waals surface area contributed by atoms with E-state index in [0.29, 0.717) is 13.0 Å². The summed E-state index contributed by atoms with van der Waals surface area (Å²) in [5.41, 5.74) is 6.75. The number of nitrogens with two attached hydrogens (primary N) is 1. The van der Waals surface area contributed by atoms with Crippen molar-refractivity contribution in [1.82, 2.24) is 5.32 Å². The molecule has 1 aromatic carbocycles. The van der Waals surface area contributed by atoms with Crippen LogP contribution in [0.2, 0.25) is 0 Å². The molecule has 0 radical (unpaired) electrons. The second-order valence-corrected chi connectivity index (χ2v) is 4.64. The van der Waals surface area contributed by atoms with Crippen molar-refractivity contribution in [3.8, 4) is 0 Å². The number of nitrogens with zero attached hydrogens (tertiary/aromatic N) is 1. The van der Waals surface area contributed by atoms with E-state index in [2.05, 4.69) is 29.4 Å². The van der Waals surface area contributed by atoms with Gasteiger partial charge in [0.2, 0.25) is 5.91 Å². The number of carbonyl (C=O) groups is 1. The number of benzene rings is 1. The Kier molecular flexibility index (Phi) is 6.22. The van der Waals surface area contributed by atoms with Crippen LogP contribution in [0.25, 0.3) is 0 Å². The third-order valence-electron chi connectivity index (χ3n) is 2.70. The second kappa shape index (κ2) is 7.71. The SMILES string of the molecule is CC(N)CC(=O)NCCCN(C)c1ccccc1. The quantitative estimate of drug-likeness (QED) is 0.718. The van der Waals surface area contributed by atoms with Gasteiger partial charge < -0.3 is 16.0 Å². The van der Waals surface area contributed by atoms with E-state index in [1.807, 2.05) is 25.1 Å². The average Bonchev–Trinajstić information content (AvgIpc) is 2.34. The zero-order valence-electron chi connectivity index (χ0n) is 11.2. The number of hydrogen-bond acceptors (Lipinski definition) is 3. The Bertz CT molecular complexity index is 351. The second-order valence-electron chi connectivity index (χ2n) is 4.64. The molecule has 1 aromatic rings. The van der Waals surface area contributed by atoms with Gasteiger partial charge in [0, 0.05) is 38.3 Å². The summed E-state index contributed by atoms with van der Waals surface area (Å²) in [6.45, 7) is 3.45. The Morgan fingerprint density at radius 3 is 2.67 bits per heavy atom. The van der Waals surface area contributed by atoms with Gasteiger partial charge in [-0.1, -0.05) is 18.2 Å². The maximum absolute atomic E-state index is 11.4. The first-order valence-corrected chi connectivity index (χ1v) is 6.38. The van der Waals surface area contributed by atoms with Gasteiger partial charge in [-0.05, 0) is 25.5 Å². The van der Waals surface area contributed by atoms with E-state index in [9.17, 15) is 4.79 Å². The van der Waals surface area contributed by atoms with Crippen molar-refractivity contribution in [3.63, 3.8) is 0 Å². The summed E-state index contributed by atoms with van der Waals surface area (Å²) in [7, 11) is 2.05. The molecule has 0 bridgehead atoms. The lowest BCUT2D eigenvalue weighted by molar-refractivity contribution is -0.121. The Balaban J connectivity index is 2.17. The van der Waals surface area contributed by atoms with E-state index in [0.717, 1.165) is 13.0 Å². The summed E-state index contributed by atoms with van der Waals surface area (Å²) in [4.78, 5) is 13.5. The van der Waals surface area contributed by atoms with Crippen LogP contribution in [0.4, 0.5) is 5.69 Å². The predicted molar refractivity (Wildman–Crippen MR) is 75.6 cm³/mol. The van der Waals surface area contributed by atoms with E-state index < -0.39 is 0 Å². The lowest BCUT2D eigenvalue weighted by Gasteiger charge is -2.19. The summed E-state index contributed by atoms with van der Waals surface area (Å²) < 4.78 is 0. The largest absolute Gasteiger partial charge is 0.375 e. The van der Waals surface area contributed by atoms with Gasteiger partial charge in [-0.15, -0.1) is 0 Å². The van der Waals surface area contributed by atoms with Crippen LogP contribution in [0.3, 0.4) is 0 Å². The molecule has 0 fully saturated rings. The molecule has 0 aliphatic heterocycles. The molecule has 18 heavy (non-hydrogen) atoms. The predicted octanol–water partition coefficient (Wildman–Crippen LogP) is 1.37. The smallest absolute Gasteiger partial charge is 0.221 e.